The second-order valence-corrected chi connectivity index (χ2v) is 4.33. The van der Waals surface area contributed by atoms with Crippen LogP contribution in [0.1, 0.15) is 11.9 Å². The van der Waals surface area contributed by atoms with Crippen LogP contribution in [0.2, 0.25) is 0 Å². The number of morpholine rings is 1. The molecule has 0 amide bonds. The van der Waals surface area contributed by atoms with Gasteiger partial charge in [-0.1, -0.05) is 5.16 Å². The van der Waals surface area contributed by atoms with Crippen LogP contribution in [0.5, 0.6) is 0 Å². The second-order valence-electron chi connectivity index (χ2n) is 3.55. The minimum Gasteiger partial charge on any atom is -0.378 e. The Morgan fingerprint density at radius 3 is 3.25 bits per heavy atom. The molecule has 1 aliphatic heterocycles. The maximum Gasteiger partial charge on any atom is 0.246 e. The molecular formula is C10H11N3O2S. The SMILES string of the molecule is c1cc(-c2noc(C3COCCN3)n2)cs1. The number of hydrogen-bond donors (Lipinski definition) is 1. The number of nitrogens with zero attached hydrogens (tertiary/aromatic N) is 2. The van der Waals surface area contributed by atoms with E-state index in [9.17, 15) is 0 Å². The van der Waals surface area contributed by atoms with E-state index >= 15 is 0 Å². The van der Waals surface area contributed by atoms with E-state index in [2.05, 4.69) is 15.5 Å². The van der Waals surface area contributed by atoms with Gasteiger partial charge in [-0.05, 0) is 11.4 Å². The molecule has 1 N–H and O–H groups in total. The highest BCUT2D eigenvalue weighted by Gasteiger charge is 2.21. The molecule has 1 fully saturated rings. The monoisotopic (exact) mass is 237 g/mol. The van der Waals surface area contributed by atoms with Gasteiger partial charge in [0.2, 0.25) is 11.7 Å². The van der Waals surface area contributed by atoms with Crippen LogP contribution >= 0.6 is 11.3 Å². The fourth-order valence-corrected chi connectivity index (χ4v) is 2.24. The lowest BCUT2D eigenvalue weighted by Crippen LogP contribution is -2.34. The van der Waals surface area contributed by atoms with Crippen molar-refractivity contribution in [1.29, 1.82) is 0 Å². The zero-order valence-corrected chi connectivity index (χ0v) is 9.37. The predicted molar refractivity (Wildman–Crippen MR) is 59.2 cm³/mol. The lowest BCUT2D eigenvalue weighted by Gasteiger charge is -2.20. The summed E-state index contributed by atoms with van der Waals surface area (Å²) in [6, 6.07) is 2.00. The van der Waals surface area contributed by atoms with Gasteiger partial charge in [0.05, 0.1) is 13.2 Å². The highest BCUT2D eigenvalue weighted by Crippen LogP contribution is 2.21. The Morgan fingerprint density at radius 2 is 2.50 bits per heavy atom. The maximum absolute atomic E-state index is 5.35. The highest BCUT2D eigenvalue weighted by molar-refractivity contribution is 7.08. The molecule has 0 saturated carbocycles. The van der Waals surface area contributed by atoms with E-state index < -0.39 is 0 Å². The van der Waals surface area contributed by atoms with Crippen LogP contribution in [0.15, 0.2) is 21.3 Å². The summed E-state index contributed by atoms with van der Waals surface area (Å²) in [5.41, 5.74) is 0.997. The van der Waals surface area contributed by atoms with Gasteiger partial charge in [0.15, 0.2) is 0 Å². The normalized spacial score (nSPS) is 21.1. The van der Waals surface area contributed by atoms with Gasteiger partial charge in [0, 0.05) is 17.5 Å². The van der Waals surface area contributed by atoms with Crippen molar-refractivity contribution in [3.63, 3.8) is 0 Å². The number of thiophene rings is 1. The average molecular weight is 237 g/mol. The topological polar surface area (TPSA) is 60.2 Å². The molecule has 84 valence electrons. The van der Waals surface area contributed by atoms with Crippen molar-refractivity contribution in [3.8, 4) is 11.4 Å². The van der Waals surface area contributed by atoms with Gasteiger partial charge >= 0.3 is 0 Å². The van der Waals surface area contributed by atoms with Crippen molar-refractivity contribution in [1.82, 2.24) is 15.5 Å². The van der Waals surface area contributed by atoms with E-state index in [0.29, 0.717) is 18.3 Å². The molecule has 0 aromatic carbocycles. The predicted octanol–water partition coefficient (Wildman–Crippen LogP) is 1.46. The molecule has 3 rings (SSSR count). The first-order chi connectivity index (χ1) is 7.93. The fraction of sp³-hybridized carbons (Fsp3) is 0.400. The summed E-state index contributed by atoms with van der Waals surface area (Å²) < 4.78 is 10.6. The van der Waals surface area contributed by atoms with Crippen molar-refractivity contribution in [2.24, 2.45) is 0 Å². The van der Waals surface area contributed by atoms with Crippen LogP contribution in [0.3, 0.4) is 0 Å². The van der Waals surface area contributed by atoms with E-state index in [4.69, 9.17) is 9.26 Å². The molecule has 16 heavy (non-hydrogen) atoms. The molecule has 0 radical (unpaired) electrons. The average Bonchev–Trinajstić information content (AvgIpc) is 3.01. The largest absolute Gasteiger partial charge is 0.378 e. The molecule has 3 heterocycles. The summed E-state index contributed by atoms with van der Waals surface area (Å²) in [4.78, 5) is 4.36. The molecule has 5 nitrogen and oxygen atoms in total. The first-order valence-corrected chi connectivity index (χ1v) is 6.05. The summed E-state index contributed by atoms with van der Waals surface area (Å²) in [6.45, 7) is 2.15. The van der Waals surface area contributed by atoms with Gasteiger partial charge in [-0.3, -0.25) is 0 Å². The highest BCUT2D eigenvalue weighted by atomic mass is 32.1. The Balaban J connectivity index is 1.82. The van der Waals surface area contributed by atoms with E-state index in [1.54, 1.807) is 11.3 Å². The Labute approximate surface area is 96.4 Å². The van der Waals surface area contributed by atoms with Gasteiger partial charge in [0.1, 0.15) is 6.04 Å². The Hall–Kier alpha value is -1.24. The second kappa shape index (κ2) is 4.32. The number of nitrogens with one attached hydrogen (secondary N) is 1. The van der Waals surface area contributed by atoms with E-state index in [-0.39, 0.29) is 6.04 Å². The van der Waals surface area contributed by atoms with Gasteiger partial charge in [-0.15, -0.1) is 0 Å². The number of ether oxygens (including phenoxy) is 1. The smallest absolute Gasteiger partial charge is 0.246 e. The number of rotatable bonds is 2. The van der Waals surface area contributed by atoms with Crippen molar-refractivity contribution in [3.05, 3.63) is 22.7 Å². The van der Waals surface area contributed by atoms with Crippen molar-refractivity contribution >= 4 is 11.3 Å². The molecule has 0 aliphatic carbocycles. The van der Waals surface area contributed by atoms with E-state index in [1.807, 2.05) is 16.8 Å². The van der Waals surface area contributed by atoms with Gasteiger partial charge in [-0.25, -0.2) is 0 Å². The summed E-state index contributed by atoms with van der Waals surface area (Å²) in [7, 11) is 0. The number of hydrogen-bond acceptors (Lipinski definition) is 6. The standard InChI is InChI=1S/C10H11N3O2S/c1-4-16-6-7(1)9-12-10(15-13-9)8-5-14-3-2-11-8/h1,4,6,8,11H,2-3,5H2. The summed E-state index contributed by atoms with van der Waals surface area (Å²) in [5.74, 6) is 1.24. The molecule has 1 unspecified atom stereocenters. The molecule has 1 saturated heterocycles. The Kier molecular flexibility index (Phi) is 2.69. The molecule has 0 spiro atoms. The lowest BCUT2D eigenvalue weighted by atomic mass is 10.3. The van der Waals surface area contributed by atoms with Gasteiger partial charge in [0.25, 0.3) is 0 Å². The van der Waals surface area contributed by atoms with Crippen LogP contribution in [-0.2, 0) is 4.74 Å². The van der Waals surface area contributed by atoms with E-state index in [0.717, 1.165) is 18.7 Å². The first kappa shape index (κ1) is 9.95. The zero-order valence-electron chi connectivity index (χ0n) is 8.55. The zero-order chi connectivity index (χ0) is 10.8. The summed E-state index contributed by atoms with van der Waals surface area (Å²) >= 11 is 1.62. The van der Waals surface area contributed by atoms with Crippen molar-refractivity contribution < 1.29 is 9.26 Å². The maximum atomic E-state index is 5.35. The Bertz CT molecular complexity index is 448. The van der Waals surface area contributed by atoms with E-state index in [1.165, 1.54) is 0 Å². The molecule has 1 aliphatic rings. The molecule has 1 atom stereocenters. The van der Waals surface area contributed by atoms with Gasteiger partial charge in [-0.2, -0.15) is 16.3 Å². The molecule has 0 bridgehead atoms. The number of aromatic nitrogens is 2. The first-order valence-electron chi connectivity index (χ1n) is 5.11. The quantitative estimate of drug-likeness (QED) is 0.856. The lowest BCUT2D eigenvalue weighted by molar-refractivity contribution is 0.0659. The van der Waals surface area contributed by atoms with Crippen LogP contribution in [-0.4, -0.2) is 29.9 Å². The molecule has 6 heteroatoms. The minimum atomic E-state index is 0.0219. The molecular weight excluding hydrogens is 226 g/mol. The third-order valence-electron chi connectivity index (χ3n) is 2.44. The molecule has 2 aromatic rings. The van der Waals surface area contributed by atoms with Crippen LogP contribution in [0, 0.1) is 0 Å². The van der Waals surface area contributed by atoms with Crippen LogP contribution in [0.4, 0.5) is 0 Å². The third-order valence-corrected chi connectivity index (χ3v) is 3.12. The van der Waals surface area contributed by atoms with Crippen LogP contribution in [0.25, 0.3) is 11.4 Å². The minimum absolute atomic E-state index is 0.0219. The van der Waals surface area contributed by atoms with Gasteiger partial charge < -0.3 is 14.6 Å². The Morgan fingerprint density at radius 1 is 1.50 bits per heavy atom. The fourth-order valence-electron chi connectivity index (χ4n) is 1.61. The molecule has 2 aromatic heterocycles. The van der Waals surface area contributed by atoms with Crippen molar-refractivity contribution in [2.75, 3.05) is 19.8 Å². The summed E-state index contributed by atoms with van der Waals surface area (Å²) in [5, 5.41) is 11.2. The summed E-state index contributed by atoms with van der Waals surface area (Å²) in [6.07, 6.45) is 0. The van der Waals surface area contributed by atoms with Crippen molar-refractivity contribution in [2.45, 2.75) is 6.04 Å². The van der Waals surface area contributed by atoms with Crippen LogP contribution < -0.4 is 5.32 Å². The third kappa shape index (κ3) is 1.87.